The number of carboxylic acid groups (broad SMARTS) is 1. The molecule has 0 aliphatic carbocycles. The van der Waals surface area contributed by atoms with Gasteiger partial charge in [0, 0.05) is 18.0 Å². The average Bonchev–Trinajstić information content (AvgIpc) is 3.10. The molecule has 0 unspecified atom stereocenters. The number of aliphatic carboxylic acids is 1. The van der Waals surface area contributed by atoms with Crippen molar-refractivity contribution in [2.24, 2.45) is 0 Å². The molecule has 0 atom stereocenters. The largest absolute Gasteiger partial charge is 0.496 e. The molecule has 0 radical (unpaired) electrons. The molecule has 2 heterocycles. The maximum atomic E-state index is 11.2. The van der Waals surface area contributed by atoms with E-state index in [0.717, 1.165) is 35.3 Å². The first-order chi connectivity index (χ1) is 13.4. The highest BCUT2D eigenvalue weighted by molar-refractivity contribution is 5.71. The highest BCUT2D eigenvalue weighted by Crippen LogP contribution is 2.29. The predicted octanol–water partition coefficient (Wildman–Crippen LogP) is 3.02. The lowest BCUT2D eigenvalue weighted by Gasteiger charge is -2.15. The topological polar surface area (TPSA) is 102 Å². The van der Waals surface area contributed by atoms with Crippen LogP contribution in [0, 0.1) is 0 Å². The number of anilines is 1. The summed E-state index contributed by atoms with van der Waals surface area (Å²) in [6, 6.07) is 5.56. The molecule has 0 aromatic heterocycles. The van der Waals surface area contributed by atoms with Crippen LogP contribution in [0.2, 0.25) is 0 Å². The molecule has 1 aromatic carbocycles. The number of methoxy groups -OCH3 is 1. The summed E-state index contributed by atoms with van der Waals surface area (Å²) in [5, 5.41) is 12.4. The number of aromatic nitrogens is 4. The van der Waals surface area contributed by atoms with Gasteiger partial charge < -0.3 is 19.7 Å². The molecule has 8 nitrogen and oxygen atoms in total. The third-order valence-corrected chi connectivity index (χ3v) is 4.38. The maximum Gasteiger partial charge on any atom is 0.307 e. The van der Waals surface area contributed by atoms with E-state index in [1.165, 1.54) is 7.11 Å². The number of benzene rings is 1. The van der Waals surface area contributed by atoms with Gasteiger partial charge in [0.1, 0.15) is 11.6 Å². The third-order valence-electron chi connectivity index (χ3n) is 4.38. The molecule has 0 amide bonds. The van der Waals surface area contributed by atoms with Crippen molar-refractivity contribution in [3.05, 3.63) is 41.5 Å². The van der Waals surface area contributed by atoms with Crippen molar-refractivity contribution in [1.29, 1.82) is 0 Å². The van der Waals surface area contributed by atoms with E-state index >= 15 is 0 Å². The van der Waals surface area contributed by atoms with Gasteiger partial charge in [-0.2, -0.15) is 0 Å². The van der Waals surface area contributed by atoms with Gasteiger partial charge >= 0.3 is 5.97 Å². The number of carbonyl (C=O) groups is 1. The number of rotatable bonds is 8. The molecule has 0 bridgehead atoms. The summed E-state index contributed by atoms with van der Waals surface area (Å²) < 4.78 is 7.21. The summed E-state index contributed by atoms with van der Waals surface area (Å²) in [5.74, 6) is 2.12. The minimum atomic E-state index is -0.898. The zero-order chi connectivity index (χ0) is 20.3. The van der Waals surface area contributed by atoms with E-state index in [-0.39, 0.29) is 12.3 Å². The van der Waals surface area contributed by atoms with Crippen molar-refractivity contribution in [1.82, 2.24) is 19.5 Å². The number of fused-ring (bicyclic) bond motifs is 1. The van der Waals surface area contributed by atoms with Gasteiger partial charge in [0.25, 0.3) is 0 Å². The fourth-order valence-corrected chi connectivity index (χ4v) is 3.05. The standard InChI is InChI=1S/C20H25N5O3/c1-5-21-19-17-20(24-18(23-17)12(2)3)25(11-22-19)10-13-6-7-15(28-4)14(8-13)9-16(26)27/h6-8,11-12,21H,5,9-10H2,1-4H3,(H,26,27). The van der Waals surface area contributed by atoms with Crippen LogP contribution in [-0.2, 0) is 17.8 Å². The molecule has 2 N–H and O–H groups in total. The Morgan fingerprint density at radius 3 is 2.75 bits per heavy atom. The normalized spacial score (nSPS) is 11.2. The lowest BCUT2D eigenvalue weighted by molar-refractivity contribution is -0.136. The van der Waals surface area contributed by atoms with Crippen LogP contribution in [0.15, 0.2) is 24.5 Å². The first kappa shape index (κ1) is 19.6. The molecule has 28 heavy (non-hydrogen) atoms. The summed E-state index contributed by atoms with van der Waals surface area (Å²) in [6.45, 7) is 7.37. The monoisotopic (exact) mass is 383 g/mol. The molecule has 2 aliphatic heterocycles. The van der Waals surface area contributed by atoms with E-state index in [1.807, 2.05) is 23.6 Å². The van der Waals surface area contributed by atoms with Gasteiger partial charge in [0.05, 0.1) is 26.4 Å². The van der Waals surface area contributed by atoms with Gasteiger partial charge in [-0.3, -0.25) is 4.79 Å². The Labute approximate surface area is 164 Å². The van der Waals surface area contributed by atoms with Crippen LogP contribution in [0.3, 0.4) is 0 Å². The summed E-state index contributed by atoms with van der Waals surface area (Å²) >= 11 is 0. The predicted molar refractivity (Wildman–Crippen MR) is 106 cm³/mol. The van der Waals surface area contributed by atoms with Crippen LogP contribution >= 0.6 is 0 Å². The molecule has 2 aliphatic rings. The van der Waals surface area contributed by atoms with Gasteiger partial charge in [0.2, 0.25) is 0 Å². The van der Waals surface area contributed by atoms with Crippen LogP contribution in [-0.4, -0.2) is 44.2 Å². The lowest BCUT2D eigenvalue weighted by atomic mass is 10.1. The Bertz CT molecular complexity index is 951. The maximum absolute atomic E-state index is 11.2. The molecule has 3 rings (SSSR count). The second kappa shape index (κ2) is 8.24. The molecule has 0 saturated carbocycles. The summed E-state index contributed by atoms with van der Waals surface area (Å²) in [5.41, 5.74) is 2.32. The van der Waals surface area contributed by atoms with Gasteiger partial charge in [-0.15, -0.1) is 0 Å². The SMILES string of the molecule is CCNc1ncn(Cc2ccc(OC)c(CC(=O)O)c2)c2nc(C(C)C)nc1-2. The van der Waals surface area contributed by atoms with Crippen molar-refractivity contribution in [3.63, 3.8) is 0 Å². The molecule has 1 aromatic rings. The quantitative estimate of drug-likeness (QED) is 0.616. The number of ether oxygens (including phenoxy) is 1. The van der Waals surface area contributed by atoms with Crippen LogP contribution in [0.4, 0.5) is 5.82 Å². The van der Waals surface area contributed by atoms with E-state index in [2.05, 4.69) is 29.1 Å². The number of hydrogen-bond acceptors (Lipinski definition) is 6. The zero-order valence-electron chi connectivity index (χ0n) is 16.6. The second-order valence-electron chi connectivity index (χ2n) is 6.88. The van der Waals surface area contributed by atoms with Gasteiger partial charge in [-0.05, 0) is 24.6 Å². The van der Waals surface area contributed by atoms with Crippen LogP contribution in [0.25, 0.3) is 11.5 Å². The van der Waals surface area contributed by atoms with E-state index in [9.17, 15) is 4.79 Å². The fraction of sp³-hybridized carbons (Fsp3) is 0.400. The van der Waals surface area contributed by atoms with E-state index < -0.39 is 5.97 Å². The van der Waals surface area contributed by atoms with Crippen molar-refractivity contribution in [2.45, 2.75) is 39.7 Å². The van der Waals surface area contributed by atoms with Gasteiger partial charge in [0.15, 0.2) is 17.3 Å². The Hall–Kier alpha value is -3.16. The lowest BCUT2D eigenvalue weighted by Crippen LogP contribution is -2.11. The molecule has 0 fully saturated rings. The molecule has 0 spiro atoms. The first-order valence-electron chi connectivity index (χ1n) is 9.27. The zero-order valence-corrected chi connectivity index (χ0v) is 16.6. The summed E-state index contributed by atoms with van der Waals surface area (Å²) in [7, 11) is 1.54. The van der Waals surface area contributed by atoms with Crippen LogP contribution in [0.1, 0.15) is 43.6 Å². The number of carboxylic acids is 1. The summed E-state index contributed by atoms with van der Waals surface area (Å²) in [4.78, 5) is 25.0. The van der Waals surface area contributed by atoms with Crippen molar-refractivity contribution >= 4 is 11.8 Å². The number of imidazole rings is 1. The highest BCUT2D eigenvalue weighted by atomic mass is 16.5. The average molecular weight is 383 g/mol. The van der Waals surface area contributed by atoms with Crippen molar-refractivity contribution < 1.29 is 14.6 Å². The second-order valence-corrected chi connectivity index (χ2v) is 6.88. The molecule has 8 heteroatoms. The summed E-state index contributed by atoms with van der Waals surface area (Å²) in [6.07, 6.45) is 1.64. The number of nitrogens with zero attached hydrogens (tertiary/aromatic N) is 4. The molecular formula is C20H25N5O3. The highest BCUT2D eigenvalue weighted by Gasteiger charge is 2.21. The minimum Gasteiger partial charge on any atom is -0.496 e. The smallest absolute Gasteiger partial charge is 0.307 e. The Morgan fingerprint density at radius 2 is 2.11 bits per heavy atom. The van der Waals surface area contributed by atoms with Crippen molar-refractivity contribution in [3.8, 4) is 17.3 Å². The number of hydrogen-bond donors (Lipinski definition) is 2. The Balaban J connectivity index is 2.00. The van der Waals surface area contributed by atoms with Crippen molar-refractivity contribution in [2.75, 3.05) is 19.0 Å². The third kappa shape index (κ3) is 4.05. The van der Waals surface area contributed by atoms with E-state index in [0.29, 0.717) is 17.9 Å². The Morgan fingerprint density at radius 1 is 1.32 bits per heavy atom. The van der Waals surface area contributed by atoms with Crippen LogP contribution < -0.4 is 10.1 Å². The Kier molecular flexibility index (Phi) is 5.77. The molecule has 148 valence electrons. The van der Waals surface area contributed by atoms with E-state index in [4.69, 9.17) is 14.8 Å². The number of nitrogens with one attached hydrogen (secondary N) is 1. The fourth-order valence-electron chi connectivity index (χ4n) is 3.05. The van der Waals surface area contributed by atoms with E-state index in [1.54, 1.807) is 12.4 Å². The van der Waals surface area contributed by atoms with Gasteiger partial charge in [-0.1, -0.05) is 19.9 Å². The minimum absolute atomic E-state index is 0.0949. The molecular weight excluding hydrogens is 358 g/mol. The first-order valence-corrected chi connectivity index (χ1v) is 9.27. The van der Waals surface area contributed by atoms with Gasteiger partial charge in [-0.25, -0.2) is 15.0 Å². The van der Waals surface area contributed by atoms with Crippen LogP contribution in [0.5, 0.6) is 5.75 Å². The molecule has 0 saturated heterocycles.